The second-order valence-electron chi connectivity index (χ2n) is 5.14. The monoisotopic (exact) mass is 475 g/mol. The fraction of sp³-hybridized carbons (Fsp3) is 0.0625. The highest BCUT2D eigenvalue weighted by Gasteiger charge is 2.41. The van der Waals surface area contributed by atoms with Crippen LogP contribution in [0.25, 0.3) is 17.1 Å². The average molecular weight is 475 g/mol. The van der Waals surface area contributed by atoms with Crippen molar-refractivity contribution >= 4 is 28.6 Å². The molecule has 0 saturated carbocycles. The van der Waals surface area contributed by atoms with Gasteiger partial charge >= 0.3 is 12.1 Å². The molecule has 3 rings (SSSR count). The van der Waals surface area contributed by atoms with Crippen LogP contribution in [0, 0.1) is 3.57 Å². The minimum atomic E-state index is -4.94. The lowest BCUT2D eigenvalue weighted by Crippen LogP contribution is -2.18. The van der Waals surface area contributed by atoms with Gasteiger partial charge in [-0.15, -0.1) is 0 Å². The van der Waals surface area contributed by atoms with Crippen LogP contribution in [0.5, 0.6) is 5.75 Å². The van der Waals surface area contributed by atoms with E-state index in [0.29, 0.717) is 20.0 Å². The number of carbonyl (C=O) groups is 1. The zero-order valence-electron chi connectivity index (χ0n) is 12.7. The number of pyridine rings is 1. The lowest BCUT2D eigenvalue weighted by Gasteiger charge is -2.12. The number of hydrogen-bond donors (Lipinski definition) is 2. The summed E-state index contributed by atoms with van der Waals surface area (Å²) in [6, 6.07) is 9.13. The molecule has 2 N–H and O–H groups in total. The maximum atomic E-state index is 13.3. The Hall–Kier alpha value is -2.63. The highest BCUT2D eigenvalue weighted by molar-refractivity contribution is 14.1. The summed E-state index contributed by atoms with van der Waals surface area (Å²) < 4.78 is 41.0. The summed E-state index contributed by atoms with van der Waals surface area (Å²) >= 11 is 1.91. The van der Waals surface area contributed by atoms with Gasteiger partial charge in [-0.25, -0.2) is 14.5 Å². The van der Waals surface area contributed by atoms with Crippen LogP contribution in [-0.4, -0.2) is 30.9 Å². The number of aromatic hydroxyl groups is 1. The number of phenols is 1. The zero-order valence-corrected chi connectivity index (χ0v) is 14.9. The van der Waals surface area contributed by atoms with Gasteiger partial charge in [0.25, 0.3) is 0 Å². The maximum Gasteiger partial charge on any atom is 0.434 e. The number of phenolic OH excluding ortho intramolecular Hbond substituents is 1. The number of carboxylic acid groups (broad SMARTS) is 1. The number of benzene rings is 1. The molecule has 0 aliphatic rings. The number of carboxylic acids is 1. The van der Waals surface area contributed by atoms with Crippen LogP contribution in [-0.2, 0) is 6.18 Å². The van der Waals surface area contributed by atoms with Gasteiger partial charge in [0.2, 0.25) is 0 Å². The van der Waals surface area contributed by atoms with E-state index in [1.165, 1.54) is 18.2 Å². The van der Waals surface area contributed by atoms with Crippen molar-refractivity contribution in [2.24, 2.45) is 0 Å². The van der Waals surface area contributed by atoms with Gasteiger partial charge in [0, 0.05) is 5.56 Å². The van der Waals surface area contributed by atoms with Gasteiger partial charge in [-0.2, -0.15) is 18.3 Å². The van der Waals surface area contributed by atoms with Gasteiger partial charge in [-0.1, -0.05) is 12.1 Å². The van der Waals surface area contributed by atoms with Crippen molar-refractivity contribution in [2.45, 2.75) is 6.18 Å². The molecule has 3 aromatic rings. The van der Waals surface area contributed by atoms with Crippen LogP contribution in [0.15, 0.2) is 42.6 Å². The van der Waals surface area contributed by atoms with Crippen molar-refractivity contribution in [1.82, 2.24) is 14.8 Å². The molecule has 1 aromatic carbocycles. The van der Waals surface area contributed by atoms with Crippen molar-refractivity contribution in [3.63, 3.8) is 0 Å². The maximum absolute atomic E-state index is 13.3. The minimum absolute atomic E-state index is 0.0551. The number of aromatic nitrogens is 3. The molecule has 0 radical (unpaired) electrons. The number of rotatable bonds is 3. The van der Waals surface area contributed by atoms with Gasteiger partial charge < -0.3 is 10.2 Å². The Morgan fingerprint density at radius 2 is 1.85 bits per heavy atom. The molecule has 0 aliphatic heterocycles. The summed E-state index contributed by atoms with van der Waals surface area (Å²) in [6.07, 6.45) is -4.31. The van der Waals surface area contributed by atoms with Crippen LogP contribution in [0.1, 0.15) is 16.1 Å². The van der Waals surface area contributed by atoms with Crippen LogP contribution in [0.3, 0.4) is 0 Å². The van der Waals surface area contributed by atoms with E-state index >= 15 is 0 Å². The van der Waals surface area contributed by atoms with Gasteiger partial charge in [0.05, 0.1) is 15.5 Å². The number of nitrogens with zero attached hydrogens (tertiary/aromatic N) is 3. The number of aromatic carboxylic acids is 1. The smallest absolute Gasteiger partial charge is 0.434 e. The lowest BCUT2D eigenvalue weighted by atomic mass is 10.1. The van der Waals surface area contributed by atoms with Gasteiger partial charge in [-0.3, -0.25) is 0 Å². The zero-order chi connectivity index (χ0) is 19.1. The first kappa shape index (κ1) is 18.2. The predicted octanol–water partition coefficient (Wildman–Crippen LogP) is 3.96. The second-order valence-corrected chi connectivity index (χ2v) is 6.30. The fourth-order valence-corrected chi connectivity index (χ4v) is 2.86. The highest BCUT2D eigenvalue weighted by atomic mass is 127. The standard InChI is InChI=1S/C16H9F3IN3O3/c17-16(18,19)14-9(15(25)26)7-21-23(14)12-6-2-5-11(22-12)8-3-1-4-10(20)13(8)24/h1-7,24H,(H,25,26). The molecular weight excluding hydrogens is 466 g/mol. The quantitative estimate of drug-likeness (QED) is 0.561. The molecular formula is C16H9F3IN3O3. The first-order chi connectivity index (χ1) is 12.2. The van der Waals surface area contributed by atoms with E-state index in [1.54, 1.807) is 18.2 Å². The number of hydrogen-bond acceptors (Lipinski definition) is 4. The third-order valence-electron chi connectivity index (χ3n) is 3.48. The molecule has 10 heteroatoms. The van der Waals surface area contributed by atoms with E-state index in [0.717, 1.165) is 0 Å². The molecule has 0 fully saturated rings. The van der Waals surface area contributed by atoms with E-state index in [4.69, 9.17) is 5.11 Å². The molecule has 0 unspecified atom stereocenters. The number of para-hydroxylation sites is 1. The van der Waals surface area contributed by atoms with Crippen LogP contribution >= 0.6 is 22.6 Å². The molecule has 2 heterocycles. The Morgan fingerprint density at radius 3 is 2.50 bits per heavy atom. The largest absolute Gasteiger partial charge is 0.506 e. The Labute approximate surface area is 158 Å². The van der Waals surface area contributed by atoms with Crippen molar-refractivity contribution in [3.8, 4) is 22.8 Å². The first-order valence-electron chi connectivity index (χ1n) is 7.04. The van der Waals surface area contributed by atoms with E-state index in [9.17, 15) is 23.1 Å². The highest BCUT2D eigenvalue weighted by Crippen LogP contribution is 2.35. The molecule has 26 heavy (non-hydrogen) atoms. The van der Waals surface area contributed by atoms with Crippen LogP contribution < -0.4 is 0 Å². The summed E-state index contributed by atoms with van der Waals surface area (Å²) in [5, 5.41) is 22.7. The molecule has 6 nitrogen and oxygen atoms in total. The molecule has 0 aliphatic carbocycles. The van der Waals surface area contributed by atoms with Crippen LogP contribution in [0.2, 0.25) is 0 Å². The molecule has 2 aromatic heterocycles. The fourth-order valence-electron chi connectivity index (χ4n) is 2.36. The molecule has 0 spiro atoms. The van der Waals surface area contributed by atoms with Crippen molar-refractivity contribution in [1.29, 1.82) is 0 Å². The van der Waals surface area contributed by atoms with Gasteiger partial charge in [0.15, 0.2) is 11.5 Å². The third-order valence-corrected chi connectivity index (χ3v) is 4.35. The molecule has 0 amide bonds. The third kappa shape index (κ3) is 3.23. The second kappa shape index (κ2) is 6.59. The Morgan fingerprint density at radius 1 is 1.15 bits per heavy atom. The molecule has 0 atom stereocenters. The summed E-state index contributed by atoms with van der Waals surface area (Å²) in [5.74, 6) is -2.02. The Bertz CT molecular complexity index is 1000. The molecule has 0 saturated heterocycles. The summed E-state index contributed by atoms with van der Waals surface area (Å²) in [7, 11) is 0. The van der Waals surface area contributed by atoms with E-state index in [1.807, 2.05) is 22.6 Å². The van der Waals surface area contributed by atoms with Crippen LogP contribution in [0.4, 0.5) is 13.2 Å². The Balaban J connectivity index is 2.19. The molecule has 0 bridgehead atoms. The number of alkyl halides is 3. The van der Waals surface area contributed by atoms with Crippen molar-refractivity contribution in [3.05, 3.63) is 57.4 Å². The minimum Gasteiger partial charge on any atom is -0.506 e. The summed E-state index contributed by atoms with van der Waals surface area (Å²) in [4.78, 5) is 15.2. The van der Waals surface area contributed by atoms with E-state index in [-0.39, 0.29) is 17.3 Å². The van der Waals surface area contributed by atoms with E-state index in [2.05, 4.69) is 10.1 Å². The molecule has 134 valence electrons. The SMILES string of the molecule is O=C(O)c1cnn(-c2cccc(-c3cccc(I)c3O)n2)c1C(F)(F)F. The summed E-state index contributed by atoms with van der Waals surface area (Å²) in [5.41, 5.74) is -1.85. The predicted molar refractivity (Wildman–Crippen MR) is 93.1 cm³/mol. The normalized spacial score (nSPS) is 11.5. The Kier molecular flexibility index (Phi) is 4.61. The van der Waals surface area contributed by atoms with E-state index < -0.39 is 23.4 Å². The number of halogens is 4. The topological polar surface area (TPSA) is 88.2 Å². The summed E-state index contributed by atoms with van der Waals surface area (Å²) in [6.45, 7) is 0. The average Bonchev–Trinajstić information content (AvgIpc) is 3.03. The van der Waals surface area contributed by atoms with Gasteiger partial charge in [0.1, 0.15) is 11.3 Å². The first-order valence-corrected chi connectivity index (χ1v) is 8.12. The van der Waals surface area contributed by atoms with Crippen molar-refractivity contribution in [2.75, 3.05) is 0 Å². The lowest BCUT2D eigenvalue weighted by molar-refractivity contribution is -0.143. The van der Waals surface area contributed by atoms with Crippen molar-refractivity contribution < 1.29 is 28.2 Å². The van der Waals surface area contributed by atoms with Gasteiger partial charge in [-0.05, 0) is 46.9 Å².